The van der Waals surface area contributed by atoms with Crippen LogP contribution in [-0.2, 0) is 11.2 Å². The lowest BCUT2D eigenvalue weighted by atomic mass is 9.97. The molecule has 0 aliphatic heterocycles. The van der Waals surface area contributed by atoms with E-state index in [4.69, 9.17) is 5.26 Å². The first-order valence-corrected chi connectivity index (χ1v) is 8.35. The zero-order valence-corrected chi connectivity index (χ0v) is 13.1. The number of amides is 1. The summed E-state index contributed by atoms with van der Waals surface area (Å²) >= 11 is 1.79. The van der Waals surface area contributed by atoms with Gasteiger partial charge >= 0.3 is 0 Å². The van der Waals surface area contributed by atoms with Gasteiger partial charge in [-0.2, -0.15) is 5.26 Å². The van der Waals surface area contributed by atoms with Crippen LogP contribution in [0.4, 0.5) is 0 Å². The van der Waals surface area contributed by atoms with E-state index in [1.165, 1.54) is 4.90 Å². The molecule has 1 amide bonds. The van der Waals surface area contributed by atoms with Crippen molar-refractivity contribution in [3.63, 3.8) is 0 Å². The second kappa shape index (κ2) is 7.90. The van der Waals surface area contributed by atoms with Gasteiger partial charge in [0.1, 0.15) is 0 Å². The van der Waals surface area contributed by atoms with Crippen molar-refractivity contribution >= 4 is 17.7 Å². The Morgan fingerprint density at radius 1 is 1.29 bits per heavy atom. The van der Waals surface area contributed by atoms with Crippen molar-refractivity contribution in [2.45, 2.75) is 43.9 Å². The standard InChI is InChI=1S/C17H20N2OS/c1-2-21-15-9-7-13(8-10-15)11-17(20)19-16-6-4-3-5-14(16)12-18/h7-10H,2-6,11H2,1H3,(H,19,20). The van der Waals surface area contributed by atoms with E-state index < -0.39 is 0 Å². The number of nitrogens with one attached hydrogen (secondary N) is 1. The minimum absolute atomic E-state index is 0.0319. The molecule has 0 atom stereocenters. The fourth-order valence-electron chi connectivity index (χ4n) is 2.43. The predicted molar refractivity (Wildman–Crippen MR) is 85.8 cm³/mol. The largest absolute Gasteiger partial charge is 0.329 e. The van der Waals surface area contributed by atoms with Crippen LogP contribution in [0.3, 0.4) is 0 Å². The first-order valence-electron chi connectivity index (χ1n) is 7.36. The normalized spacial score (nSPS) is 14.7. The molecule has 1 aliphatic rings. The zero-order valence-electron chi connectivity index (χ0n) is 12.3. The van der Waals surface area contributed by atoms with Crippen molar-refractivity contribution < 1.29 is 4.79 Å². The van der Waals surface area contributed by atoms with Crippen molar-refractivity contribution in [2.75, 3.05) is 5.75 Å². The number of allylic oxidation sites excluding steroid dienone is 2. The van der Waals surface area contributed by atoms with Crippen LogP contribution in [0.2, 0.25) is 0 Å². The number of carbonyl (C=O) groups excluding carboxylic acids is 1. The molecule has 2 rings (SSSR count). The Balaban J connectivity index is 1.95. The van der Waals surface area contributed by atoms with Crippen LogP contribution in [0.15, 0.2) is 40.4 Å². The molecule has 4 heteroatoms. The third kappa shape index (κ3) is 4.64. The third-order valence-corrected chi connectivity index (χ3v) is 4.39. The lowest BCUT2D eigenvalue weighted by Gasteiger charge is -2.16. The number of benzene rings is 1. The molecular formula is C17H20N2OS. The summed E-state index contributed by atoms with van der Waals surface area (Å²) in [6.45, 7) is 2.12. The Kier molecular flexibility index (Phi) is 5.89. The van der Waals surface area contributed by atoms with Gasteiger partial charge in [0.25, 0.3) is 0 Å². The van der Waals surface area contributed by atoms with E-state index in [-0.39, 0.29) is 5.91 Å². The Hall–Kier alpha value is -1.73. The fraction of sp³-hybridized carbons (Fsp3) is 0.412. The molecule has 1 aliphatic carbocycles. The summed E-state index contributed by atoms with van der Waals surface area (Å²) in [6, 6.07) is 10.3. The summed E-state index contributed by atoms with van der Waals surface area (Å²) in [5.41, 5.74) is 2.57. The summed E-state index contributed by atoms with van der Waals surface area (Å²) in [4.78, 5) is 13.3. The second-order valence-corrected chi connectivity index (χ2v) is 6.42. The van der Waals surface area contributed by atoms with Gasteiger partial charge in [-0.05, 0) is 49.1 Å². The molecule has 0 saturated heterocycles. The monoisotopic (exact) mass is 300 g/mol. The quantitative estimate of drug-likeness (QED) is 0.841. The minimum Gasteiger partial charge on any atom is -0.329 e. The Labute approximate surface area is 130 Å². The fourth-order valence-corrected chi connectivity index (χ4v) is 3.10. The number of hydrogen-bond donors (Lipinski definition) is 1. The average molecular weight is 300 g/mol. The van der Waals surface area contributed by atoms with E-state index in [1.807, 2.05) is 12.1 Å². The molecule has 1 aromatic rings. The molecule has 0 heterocycles. The highest BCUT2D eigenvalue weighted by Gasteiger charge is 2.14. The van der Waals surface area contributed by atoms with Gasteiger partial charge in [0, 0.05) is 16.2 Å². The van der Waals surface area contributed by atoms with Gasteiger partial charge in [-0.15, -0.1) is 11.8 Å². The minimum atomic E-state index is -0.0319. The van der Waals surface area contributed by atoms with Crippen LogP contribution in [0.1, 0.15) is 38.2 Å². The molecule has 21 heavy (non-hydrogen) atoms. The van der Waals surface area contributed by atoms with Gasteiger partial charge < -0.3 is 5.32 Å². The van der Waals surface area contributed by atoms with Crippen LogP contribution >= 0.6 is 11.8 Å². The van der Waals surface area contributed by atoms with E-state index in [1.54, 1.807) is 11.8 Å². The zero-order chi connectivity index (χ0) is 15.1. The van der Waals surface area contributed by atoms with Gasteiger partial charge in [-0.25, -0.2) is 0 Å². The summed E-state index contributed by atoms with van der Waals surface area (Å²) in [6.07, 6.45) is 4.04. The van der Waals surface area contributed by atoms with Crippen molar-refractivity contribution in [3.05, 3.63) is 41.1 Å². The summed E-state index contributed by atoms with van der Waals surface area (Å²) in [5.74, 6) is 1.01. The number of thioether (sulfide) groups is 1. The van der Waals surface area contributed by atoms with Gasteiger partial charge in [0.2, 0.25) is 5.91 Å². The van der Waals surface area contributed by atoms with E-state index in [9.17, 15) is 4.79 Å². The highest BCUT2D eigenvalue weighted by Crippen LogP contribution is 2.22. The van der Waals surface area contributed by atoms with Crippen LogP contribution in [-0.4, -0.2) is 11.7 Å². The molecule has 0 spiro atoms. The SMILES string of the molecule is CCSc1ccc(CC(=O)NC2=C(C#N)CCCC2)cc1. The topological polar surface area (TPSA) is 52.9 Å². The van der Waals surface area contributed by atoms with E-state index in [2.05, 4.69) is 30.4 Å². The number of carbonyl (C=O) groups is 1. The number of nitrogens with zero attached hydrogens (tertiary/aromatic N) is 1. The van der Waals surface area contributed by atoms with Crippen molar-refractivity contribution in [1.82, 2.24) is 5.32 Å². The molecule has 0 aromatic heterocycles. The highest BCUT2D eigenvalue weighted by molar-refractivity contribution is 7.99. The molecule has 0 saturated carbocycles. The van der Waals surface area contributed by atoms with Crippen molar-refractivity contribution in [1.29, 1.82) is 5.26 Å². The summed E-state index contributed by atoms with van der Waals surface area (Å²) < 4.78 is 0. The maximum absolute atomic E-state index is 12.1. The first-order chi connectivity index (χ1) is 10.2. The molecular weight excluding hydrogens is 280 g/mol. The molecule has 1 aromatic carbocycles. The Morgan fingerprint density at radius 3 is 2.67 bits per heavy atom. The third-order valence-electron chi connectivity index (χ3n) is 3.49. The van der Waals surface area contributed by atoms with E-state index in [0.717, 1.165) is 48.3 Å². The van der Waals surface area contributed by atoms with Crippen LogP contribution in [0, 0.1) is 11.3 Å². The maximum atomic E-state index is 12.1. The van der Waals surface area contributed by atoms with Gasteiger partial charge in [-0.3, -0.25) is 4.79 Å². The van der Waals surface area contributed by atoms with Gasteiger partial charge in [-0.1, -0.05) is 19.1 Å². The molecule has 0 radical (unpaired) electrons. The maximum Gasteiger partial charge on any atom is 0.228 e. The van der Waals surface area contributed by atoms with E-state index >= 15 is 0 Å². The number of hydrogen-bond acceptors (Lipinski definition) is 3. The van der Waals surface area contributed by atoms with Gasteiger partial charge in [0.05, 0.1) is 12.5 Å². The molecule has 0 fully saturated rings. The molecule has 1 N–H and O–H groups in total. The molecule has 0 unspecified atom stereocenters. The van der Waals surface area contributed by atoms with Crippen molar-refractivity contribution in [3.8, 4) is 6.07 Å². The Bertz CT molecular complexity index is 569. The number of rotatable bonds is 5. The number of nitriles is 1. The molecule has 3 nitrogen and oxygen atoms in total. The lowest BCUT2D eigenvalue weighted by molar-refractivity contribution is -0.119. The second-order valence-electron chi connectivity index (χ2n) is 5.08. The predicted octanol–water partition coefficient (Wildman–Crippen LogP) is 3.81. The average Bonchev–Trinajstić information content (AvgIpc) is 2.50. The summed E-state index contributed by atoms with van der Waals surface area (Å²) in [5, 5.41) is 12.0. The first kappa shape index (κ1) is 15.7. The van der Waals surface area contributed by atoms with Gasteiger partial charge in [0.15, 0.2) is 0 Å². The smallest absolute Gasteiger partial charge is 0.228 e. The lowest BCUT2D eigenvalue weighted by Crippen LogP contribution is -2.26. The molecule has 110 valence electrons. The van der Waals surface area contributed by atoms with Crippen LogP contribution in [0.5, 0.6) is 0 Å². The summed E-state index contributed by atoms with van der Waals surface area (Å²) in [7, 11) is 0. The van der Waals surface area contributed by atoms with E-state index in [0.29, 0.717) is 6.42 Å². The highest BCUT2D eigenvalue weighted by atomic mass is 32.2. The molecule has 0 bridgehead atoms. The Morgan fingerprint density at radius 2 is 2.00 bits per heavy atom. The van der Waals surface area contributed by atoms with Crippen molar-refractivity contribution in [2.24, 2.45) is 0 Å². The van der Waals surface area contributed by atoms with Crippen LogP contribution < -0.4 is 5.32 Å². The van der Waals surface area contributed by atoms with Crippen LogP contribution in [0.25, 0.3) is 0 Å².